The number of benzene rings is 1. The Morgan fingerprint density at radius 2 is 2.04 bits per heavy atom. The number of carbonyl (C=O) groups is 1. The lowest BCUT2D eigenvalue weighted by atomic mass is 9.82. The molecule has 0 spiro atoms. The van der Waals surface area contributed by atoms with Gasteiger partial charge in [-0.1, -0.05) is 0 Å². The van der Waals surface area contributed by atoms with E-state index in [9.17, 15) is 14.9 Å². The number of nitrogens with one attached hydrogen (secondary N) is 1. The number of nitrogens with zero attached hydrogens (tertiary/aromatic N) is 1. The largest absolute Gasteiger partial charge is 0.469 e. The van der Waals surface area contributed by atoms with Crippen molar-refractivity contribution < 1.29 is 23.9 Å². The van der Waals surface area contributed by atoms with Crippen molar-refractivity contribution in [1.82, 2.24) is 0 Å². The van der Waals surface area contributed by atoms with Gasteiger partial charge in [-0.15, -0.1) is 0 Å². The lowest BCUT2D eigenvalue weighted by Crippen LogP contribution is -2.26. The summed E-state index contributed by atoms with van der Waals surface area (Å²) in [4.78, 5) is 22.6. The lowest BCUT2D eigenvalue weighted by Gasteiger charge is -2.27. The second-order valence-electron chi connectivity index (χ2n) is 7.47. The van der Waals surface area contributed by atoms with Crippen molar-refractivity contribution in [2.75, 3.05) is 25.6 Å². The molecule has 1 saturated heterocycles. The first kappa shape index (κ1) is 20.4. The van der Waals surface area contributed by atoms with E-state index in [1.54, 1.807) is 12.1 Å². The fourth-order valence-corrected chi connectivity index (χ4v) is 3.87. The van der Waals surface area contributed by atoms with Crippen LogP contribution in [0.5, 0.6) is 5.75 Å². The zero-order valence-corrected chi connectivity index (χ0v) is 16.2. The van der Waals surface area contributed by atoms with Crippen LogP contribution in [0.15, 0.2) is 18.2 Å². The van der Waals surface area contributed by atoms with Gasteiger partial charge in [0.1, 0.15) is 11.4 Å². The predicted molar refractivity (Wildman–Crippen MR) is 103 cm³/mol. The van der Waals surface area contributed by atoms with Crippen LogP contribution < -0.4 is 10.1 Å². The maximum absolute atomic E-state index is 11.6. The summed E-state index contributed by atoms with van der Waals surface area (Å²) in [6, 6.07) is 4.76. The van der Waals surface area contributed by atoms with Crippen LogP contribution in [0.3, 0.4) is 0 Å². The first-order chi connectivity index (χ1) is 13.6. The normalized spacial score (nSPS) is 25.0. The van der Waals surface area contributed by atoms with Crippen LogP contribution in [-0.2, 0) is 14.3 Å². The number of carbonyl (C=O) groups excluding carboxylic acids is 1. The van der Waals surface area contributed by atoms with Crippen molar-refractivity contribution in [2.24, 2.45) is 11.8 Å². The summed E-state index contributed by atoms with van der Waals surface area (Å²) in [5.74, 6) is 0.765. The van der Waals surface area contributed by atoms with Gasteiger partial charge < -0.3 is 19.5 Å². The number of hydrogen-bond donors (Lipinski definition) is 1. The number of nitro benzene ring substituents is 1. The molecule has 28 heavy (non-hydrogen) atoms. The van der Waals surface area contributed by atoms with Gasteiger partial charge in [0, 0.05) is 25.1 Å². The molecular weight excluding hydrogens is 364 g/mol. The average molecular weight is 392 g/mol. The summed E-state index contributed by atoms with van der Waals surface area (Å²) in [6.45, 7) is 1.30. The number of esters is 1. The van der Waals surface area contributed by atoms with Crippen LogP contribution in [0.4, 0.5) is 11.4 Å². The number of methoxy groups -OCH3 is 1. The summed E-state index contributed by atoms with van der Waals surface area (Å²) < 4.78 is 16.2. The van der Waals surface area contributed by atoms with Crippen molar-refractivity contribution >= 4 is 17.3 Å². The van der Waals surface area contributed by atoms with Crippen LogP contribution in [0.1, 0.15) is 44.9 Å². The van der Waals surface area contributed by atoms with E-state index in [0.29, 0.717) is 30.5 Å². The van der Waals surface area contributed by atoms with Gasteiger partial charge >= 0.3 is 5.97 Å². The van der Waals surface area contributed by atoms with Gasteiger partial charge in [-0.25, -0.2) is 0 Å². The highest BCUT2D eigenvalue weighted by Crippen LogP contribution is 2.33. The van der Waals surface area contributed by atoms with E-state index in [-0.39, 0.29) is 23.9 Å². The number of nitro groups is 1. The van der Waals surface area contributed by atoms with Gasteiger partial charge in [-0.3, -0.25) is 14.9 Å². The topological polar surface area (TPSA) is 99.9 Å². The van der Waals surface area contributed by atoms with Crippen molar-refractivity contribution in [2.45, 2.75) is 51.2 Å². The Balaban J connectivity index is 1.59. The van der Waals surface area contributed by atoms with Crippen LogP contribution in [0.25, 0.3) is 0 Å². The second kappa shape index (κ2) is 9.73. The monoisotopic (exact) mass is 392 g/mol. The number of anilines is 1. The third-order valence-corrected chi connectivity index (χ3v) is 5.53. The smallest absolute Gasteiger partial charge is 0.308 e. The lowest BCUT2D eigenvalue weighted by molar-refractivity contribution is -0.384. The van der Waals surface area contributed by atoms with Crippen molar-refractivity contribution in [3.05, 3.63) is 28.3 Å². The van der Waals surface area contributed by atoms with E-state index in [0.717, 1.165) is 44.9 Å². The Bertz CT molecular complexity index is 681. The molecule has 1 aromatic rings. The van der Waals surface area contributed by atoms with Gasteiger partial charge in [0.2, 0.25) is 0 Å². The predicted octanol–water partition coefficient (Wildman–Crippen LogP) is 3.89. The molecule has 1 unspecified atom stereocenters. The van der Waals surface area contributed by atoms with E-state index in [4.69, 9.17) is 14.2 Å². The van der Waals surface area contributed by atoms with Crippen LogP contribution in [-0.4, -0.2) is 37.4 Å². The van der Waals surface area contributed by atoms with Crippen LogP contribution >= 0.6 is 0 Å². The summed E-state index contributed by atoms with van der Waals surface area (Å²) in [5, 5.41) is 14.6. The van der Waals surface area contributed by atoms with Crippen molar-refractivity contribution in [1.29, 1.82) is 0 Å². The van der Waals surface area contributed by atoms with Gasteiger partial charge in [0.15, 0.2) is 6.29 Å². The van der Waals surface area contributed by atoms with E-state index in [1.165, 1.54) is 13.2 Å². The first-order valence-corrected chi connectivity index (χ1v) is 9.95. The third-order valence-electron chi connectivity index (χ3n) is 5.53. The molecule has 1 N–H and O–H groups in total. The molecule has 1 aromatic carbocycles. The Labute approximate surface area is 164 Å². The molecule has 0 amide bonds. The summed E-state index contributed by atoms with van der Waals surface area (Å²) in [5.41, 5.74) is 0.480. The summed E-state index contributed by atoms with van der Waals surface area (Å²) in [6.07, 6.45) is 5.99. The Kier molecular flexibility index (Phi) is 7.08. The van der Waals surface area contributed by atoms with Crippen molar-refractivity contribution in [3.8, 4) is 5.75 Å². The van der Waals surface area contributed by atoms with E-state index >= 15 is 0 Å². The first-order valence-electron chi connectivity index (χ1n) is 9.95. The minimum Gasteiger partial charge on any atom is -0.469 e. The highest BCUT2D eigenvalue weighted by molar-refractivity contribution is 5.72. The standard InChI is InChI=1S/C20H28N2O6/c1-26-20(23)15-7-5-14(6-8-15)13-21-17-12-16(9-10-18(17)22(24)25)28-19-4-2-3-11-27-19/h9-10,12,14-15,19,21H,2-8,11,13H2,1H3. The van der Waals surface area contributed by atoms with E-state index in [1.807, 2.05) is 0 Å². The van der Waals surface area contributed by atoms with Crippen LogP contribution in [0.2, 0.25) is 0 Å². The molecule has 2 fully saturated rings. The molecule has 0 radical (unpaired) electrons. The molecule has 8 heteroatoms. The quantitative estimate of drug-likeness (QED) is 0.427. The number of ether oxygens (including phenoxy) is 3. The van der Waals surface area contributed by atoms with Gasteiger partial charge in [-0.2, -0.15) is 0 Å². The Morgan fingerprint density at radius 3 is 2.68 bits per heavy atom. The SMILES string of the molecule is COC(=O)C1CCC(CNc2cc(OC3CCCCO3)ccc2[N+](=O)[O-])CC1. The zero-order valence-electron chi connectivity index (χ0n) is 16.2. The molecular formula is C20H28N2O6. The maximum atomic E-state index is 11.6. The van der Waals surface area contributed by atoms with Gasteiger partial charge in [0.25, 0.3) is 5.69 Å². The fourth-order valence-electron chi connectivity index (χ4n) is 3.87. The summed E-state index contributed by atoms with van der Waals surface area (Å²) in [7, 11) is 1.42. The van der Waals surface area contributed by atoms with E-state index < -0.39 is 4.92 Å². The molecule has 2 aliphatic rings. The molecule has 154 valence electrons. The average Bonchev–Trinajstić information content (AvgIpc) is 2.72. The molecule has 8 nitrogen and oxygen atoms in total. The minimum atomic E-state index is -0.391. The Hall–Kier alpha value is -2.35. The minimum absolute atomic E-state index is 0.0252. The maximum Gasteiger partial charge on any atom is 0.308 e. The molecule has 1 aliphatic heterocycles. The fraction of sp³-hybridized carbons (Fsp3) is 0.650. The van der Waals surface area contributed by atoms with E-state index in [2.05, 4.69) is 5.32 Å². The van der Waals surface area contributed by atoms with Gasteiger partial charge in [-0.05, 0) is 50.5 Å². The second-order valence-corrected chi connectivity index (χ2v) is 7.47. The number of rotatable bonds is 7. The molecule has 1 heterocycles. The molecule has 1 atom stereocenters. The zero-order chi connectivity index (χ0) is 19.9. The Morgan fingerprint density at radius 1 is 1.25 bits per heavy atom. The van der Waals surface area contributed by atoms with Crippen LogP contribution in [0, 0.1) is 22.0 Å². The third kappa shape index (κ3) is 5.34. The molecule has 0 bridgehead atoms. The molecule has 0 aromatic heterocycles. The summed E-state index contributed by atoms with van der Waals surface area (Å²) >= 11 is 0. The van der Waals surface area contributed by atoms with Gasteiger partial charge in [0.05, 0.1) is 24.6 Å². The molecule has 1 saturated carbocycles. The van der Waals surface area contributed by atoms with Crippen molar-refractivity contribution in [3.63, 3.8) is 0 Å². The highest BCUT2D eigenvalue weighted by Gasteiger charge is 2.27. The highest BCUT2D eigenvalue weighted by atomic mass is 16.7. The number of hydrogen-bond acceptors (Lipinski definition) is 7. The molecule has 1 aliphatic carbocycles. The molecule has 3 rings (SSSR count).